The smallest absolute Gasteiger partial charge is 0.409 e. The van der Waals surface area contributed by atoms with Crippen LogP contribution in [-0.4, -0.2) is 63.6 Å². The number of morpholine rings is 1. The van der Waals surface area contributed by atoms with Crippen LogP contribution >= 0.6 is 0 Å². The van der Waals surface area contributed by atoms with Crippen molar-refractivity contribution in [2.24, 2.45) is 0 Å². The zero-order chi connectivity index (χ0) is 22.1. The molecule has 0 bridgehead atoms. The lowest BCUT2D eigenvalue weighted by Gasteiger charge is -2.51. The Labute approximate surface area is 183 Å². The van der Waals surface area contributed by atoms with Crippen LogP contribution in [0.4, 0.5) is 16.2 Å². The lowest BCUT2D eigenvalue weighted by molar-refractivity contribution is 0.0103. The van der Waals surface area contributed by atoms with E-state index in [1.807, 2.05) is 20.8 Å². The van der Waals surface area contributed by atoms with Crippen molar-refractivity contribution in [1.82, 2.24) is 14.9 Å². The van der Waals surface area contributed by atoms with Gasteiger partial charge in [-0.25, -0.2) is 4.79 Å². The molecule has 1 aliphatic carbocycles. The fraction of sp³-hybridized carbons (Fsp3) is 0.609. The highest BCUT2D eigenvalue weighted by Crippen LogP contribution is 2.40. The van der Waals surface area contributed by atoms with E-state index in [0.717, 1.165) is 67.6 Å². The van der Waals surface area contributed by atoms with Crippen molar-refractivity contribution in [3.05, 3.63) is 24.5 Å². The molecular weight excluding hydrogens is 394 g/mol. The van der Waals surface area contributed by atoms with Crippen molar-refractivity contribution in [2.75, 3.05) is 36.5 Å². The standard InChI is InChI=1S/C23H33N5O3/c1-22(2,3)28(21(29)30)23(7-5-4-6-8-23)26-19-16-17(27-11-13-31-14-12-27)15-18-20(19)25-10-9-24-18/h9-10,15-16,26H,4-8,11-14H2,1-3H3,(H,29,30). The summed E-state index contributed by atoms with van der Waals surface area (Å²) in [6, 6.07) is 4.16. The van der Waals surface area contributed by atoms with Gasteiger partial charge >= 0.3 is 6.09 Å². The van der Waals surface area contributed by atoms with Gasteiger partial charge in [-0.15, -0.1) is 0 Å². The van der Waals surface area contributed by atoms with Gasteiger partial charge < -0.3 is 20.1 Å². The van der Waals surface area contributed by atoms with E-state index >= 15 is 0 Å². The first kappa shape index (κ1) is 21.6. The number of hydrogen-bond acceptors (Lipinski definition) is 6. The van der Waals surface area contributed by atoms with Gasteiger partial charge in [0.2, 0.25) is 0 Å². The van der Waals surface area contributed by atoms with Crippen LogP contribution in [0.1, 0.15) is 52.9 Å². The maximum Gasteiger partial charge on any atom is 0.409 e. The van der Waals surface area contributed by atoms with E-state index in [0.29, 0.717) is 13.2 Å². The molecule has 4 rings (SSSR count). The number of carboxylic acid groups (broad SMARTS) is 1. The molecule has 1 saturated carbocycles. The summed E-state index contributed by atoms with van der Waals surface area (Å²) < 4.78 is 5.51. The summed E-state index contributed by atoms with van der Waals surface area (Å²) in [5, 5.41) is 13.9. The van der Waals surface area contributed by atoms with Crippen LogP contribution in [0.25, 0.3) is 11.0 Å². The number of amides is 1. The van der Waals surface area contributed by atoms with E-state index in [1.165, 1.54) is 0 Å². The van der Waals surface area contributed by atoms with Gasteiger partial charge in [-0.05, 0) is 58.6 Å². The summed E-state index contributed by atoms with van der Waals surface area (Å²) >= 11 is 0. The molecule has 1 aromatic heterocycles. The fourth-order valence-corrected chi connectivity index (χ4v) is 5.06. The lowest BCUT2D eigenvalue weighted by atomic mass is 9.84. The Hall–Kier alpha value is -2.61. The van der Waals surface area contributed by atoms with Gasteiger partial charge in [0.05, 0.1) is 24.4 Å². The third-order valence-electron chi connectivity index (χ3n) is 6.27. The van der Waals surface area contributed by atoms with Crippen LogP contribution < -0.4 is 10.2 Å². The Balaban J connectivity index is 1.81. The van der Waals surface area contributed by atoms with Crippen molar-refractivity contribution in [3.8, 4) is 0 Å². The lowest BCUT2D eigenvalue weighted by Crippen LogP contribution is -2.64. The van der Waals surface area contributed by atoms with Gasteiger partial charge in [-0.1, -0.05) is 6.42 Å². The van der Waals surface area contributed by atoms with Gasteiger partial charge in [-0.3, -0.25) is 14.9 Å². The molecular formula is C23H33N5O3. The number of rotatable bonds is 4. The molecule has 2 fully saturated rings. The second-order valence-corrected chi connectivity index (χ2v) is 9.52. The predicted octanol–water partition coefficient (Wildman–Crippen LogP) is 4.32. The van der Waals surface area contributed by atoms with Crippen molar-refractivity contribution < 1.29 is 14.6 Å². The normalized spacial score (nSPS) is 19.3. The number of nitrogens with one attached hydrogen (secondary N) is 1. The molecule has 2 heterocycles. The Morgan fingerprint density at radius 2 is 1.81 bits per heavy atom. The van der Waals surface area contributed by atoms with Gasteiger partial charge in [0.1, 0.15) is 11.2 Å². The molecule has 2 aromatic rings. The third kappa shape index (κ3) is 4.39. The molecule has 1 aromatic carbocycles. The summed E-state index contributed by atoms with van der Waals surface area (Å²) in [4.78, 5) is 25.5. The number of benzene rings is 1. The first-order valence-electron chi connectivity index (χ1n) is 11.2. The summed E-state index contributed by atoms with van der Waals surface area (Å²) in [6.07, 6.45) is 7.11. The van der Waals surface area contributed by atoms with Gasteiger partial charge in [0.15, 0.2) is 0 Å². The average Bonchev–Trinajstić information content (AvgIpc) is 2.73. The number of fused-ring (bicyclic) bond motifs is 1. The summed E-state index contributed by atoms with van der Waals surface area (Å²) in [7, 11) is 0. The molecule has 0 spiro atoms. The highest BCUT2D eigenvalue weighted by molar-refractivity contribution is 5.92. The second kappa shape index (κ2) is 8.49. The van der Waals surface area contributed by atoms with Crippen LogP contribution in [0.3, 0.4) is 0 Å². The average molecular weight is 428 g/mol. The van der Waals surface area contributed by atoms with Crippen LogP contribution in [0, 0.1) is 0 Å². The zero-order valence-corrected chi connectivity index (χ0v) is 18.7. The number of aromatic nitrogens is 2. The fourth-order valence-electron chi connectivity index (χ4n) is 5.06. The minimum Gasteiger partial charge on any atom is -0.465 e. The largest absolute Gasteiger partial charge is 0.465 e. The summed E-state index contributed by atoms with van der Waals surface area (Å²) in [5.41, 5.74) is 2.24. The Bertz CT molecular complexity index is 930. The molecule has 168 valence electrons. The third-order valence-corrected chi connectivity index (χ3v) is 6.27. The van der Waals surface area contributed by atoms with E-state index in [2.05, 4.69) is 32.3 Å². The Kier molecular flexibility index (Phi) is 5.92. The highest BCUT2D eigenvalue weighted by atomic mass is 16.5. The molecule has 2 N–H and O–H groups in total. The molecule has 0 atom stereocenters. The van der Waals surface area contributed by atoms with Crippen molar-refractivity contribution in [2.45, 2.75) is 64.1 Å². The van der Waals surface area contributed by atoms with E-state index in [1.54, 1.807) is 17.3 Å². The first-order chi connectivity index (χ1) is 14.8. The van der Waals surface area contributed by atoms with E-state index in [4.69, 9.17) is 4.74 Å². The topological polar surface area (TPSA) is 90.8 Å². The molecule has 8 nitrogen and oxygen atoms in total. The number of ether oxygens (including phenoxy) is 1. The minimum atomic E-state index is -0.901. The maximum atomic E-state index is 12.5. The molecule has 0 radical (unpaired) electrons. The molecule has 1 amide bonds. The molecule has 31 heavy (non-hydrogen) atoms. The minimum absolute atomic E-state index is 0.542. The Morgan fingerprint density at radius 3 is 2.45 bits per heavy atom. The number of hydrogen-bond donors (Lipinski definition) is 2. The second-order valence-electron chi connectivity index (χ2n) is 9.52. The van der Waals surface area contributed by atoms with Gasteiger partial charge in [0.25, 0.3) is 0 Å². The van der Waals surface area contributed by atoms with Crippen molar-refractivity contribution >= 4 is 28.5 Å². The summed E-state index contributed by atoms with van der Waals surface area (Å²) in [6.45, 7) is 8.91. The van der Waals surface area contributed by atoms with Gasteiger partial charge in [0, 0.05) is 36.7 Å². The molecule has 8 heteroatoms. The maximum absolute atomic E-state index is 12.5. The van der Waals surface area contributed by atoms with Gasteiger partial charge in [-0.2, -0.15) is 0 Å². The molecule has 0 unspecified atom stereocenters. The SMILES string of the molecule is CC(C)(C)N(C(=O)O)C1(Nc2cc(N3CCOCC3)cc3nccnc23)CCCCC1. The van der Waals surface area contributed by atoms with Crippen LogP contribution in [0.2, 0.25) is 0 Å². The van der Waals surface area contributed by atoms with Crippen molar-refractivity contribution in [3.63, 3.8) is 0 Å². The first-order valence-corrected chi connectivity index (χ1v) is 11.2. The molecule has 2 aliphatic rings. The molecule has 1 aliphatic heterocycles. The van der Waals surface area contributed by atoms with Crippen molar-refractivity contribution in [1.29, 1.82) is 0 Å². The quantitative estimate of drug-likeness (QED) is 0.702. The van der Waals surface area contributed by atoms with E-state index in [9.17, 15) is 9.90 Å². The zero-order valence-electron chi connectivity index (χ0n) is 18.7. The number of nitrogens with zero attached hydrogens (tertiary/aromatic N) is 4. The van der Waals surface area contributed by atoms with Crippen LogP contribution in [0.15, 0.2) is 24.5 Å². The summed E-state index contributed by atoms with van der Waals surface area (Å²) in [5.74, 6) is 0. The monoisotopic (exact) mass is 427 g/mol. The molecule has 1 saturated heterocycles. The number of anilines is 2. The highest BCUT2D eigenvalue weighted by Gasteiger charge is 2.46. The van der Waals surface area contributed by atoms with Crippen LogP contribution in [-0.2, 0) is 4.74 Å². The Morgan fingerprint density at radius 1 is 1.13 bits per heavy atom. The number of carbonyl (C=O) groups is 1. The van der Waals surface area contributed by atoms with E-state index < -0.39 is 17.3 Å². The van der Waals surface area contributed by atoms with Crippen LogP contribution in [0.5, 0.6) is 0 Å². The van der Waals surface area contributed by atoms with E-state index in [-0.39, 0.29) is 0 Å². The predicted molar refractivity (Wildman–Crippen MR) is 122 cm³/mol.